The lowest BCUT2D eigenvalue weighted by atomic mass is 10.2. The minimum Gasteiger partial charge on any atom is -0.494 e. The summed E-state index contributed by atoms with van der Waals surface area (Å²) in [4.78, 5) is 15.2. The fourth-order valence-electron chi connectivity index (χ4n) is 3.36. The molecule has 0 fully saturated rings. The van der Waals surface area contributed by atoms with Crippen molar-refractivity contribution in [3.63, 3.8) is 0 Å². The largest absolute Gasteiger partial charge is 0.494 e. The number of hydrogen-bond acceptors (Lipinski definition) is 3. The molecule has 3 aromatic rings. The van der Waals surface area contributed by atoms with Crippen LogP contribution >= 0.6 is 0 Å². The normalized spacial score (nSPS) is 10.9. The van der Waals surface area contributed by atoms with Crippen LogP contribution in [-0.2, 0) is 24.2 Å². The molecule has 0 aliphatic carbocycles. The fraction of sp³-hybridized carbons (Fsp3) is 0.391. The number of nitrogens with one attached hydrogen (secondary N) is 1. The van der Waals surface area contributed by atoms with Crippen molar-refractivity contribution in [2.45, 2.75) is 45.6 Å². The van der Waals surface area contributed by atoms with Crippen LogP contribution in [0.1, 0.15) is 37.6 Å². The van der Waals surface area contributed by atoms with Crippen molar-refractivity contribution < 1.29 is 9.53 Å². The summed E-state index contributed by atoms with van der Waals surface area (Å²) in [7, 11) is 0. The van der Waals surface area contributed by atoms with Crippen molar-refractivity contribution in [3.05, 3.63) is 59.9 Å². The number of hydrogen-bond donors (Lipinski definition) is 1. The highest BCUT2D eigenvalue weighted by atomic mass is 16.5. The Bertz CT molecular complexity index is 871. The Morgan fingerprint density at radius 1 is 1.07 bits per heavy atom. The van der Waals surface area contributed by atoms with Gasteiger partial charge in [0.1, 0.15) is 11.6 Å². The van der Waals surface area contributed by atoms with E-state index in [4.69, 9.17) is 9.72 Å². The number of benzene rings is 2. The fourth-order valence-corrected chi connectivity index (χ4v) is 3.36. The second-order valence-corrected chi connectivity index (χ2v) is 6.90. The molecule has 0 saturated heterocycles. The van der Waals surface area contributed by atoms with Crippen LogP contribution in [0.15, 0.2) is 48.5 Å². The Morgan fingerprint density at radius 3 is 2.68 bits per heavy atom. The zero-order valence-electron chi connectivity index (χ0n) is 16.6. The van der Waals surface area contributed by atoms with Gasteiger partial charge in [-0.3, -0.25) is 4.79 Å². The highest BCUT2D eigenvalue weighted by Crippen LogP contribution is 2.18. The van der Waals surface area contributed by atoms with Gasteiger partial charge in [0, 0.05) is 19.5 Å². The molecule has 148 valence electrons. The number of aryl methyl sites for hydroxylation is 3. The number of rotatable bonds is 12. The number of carbonyl (C=O) groups excluding carboxylic acids is 1. The van der Waals surface area contributed by atoms with E-state index in [2.05, 4.69) is 47.1 Å². The summed E-state index contributed by atoms with van der Waals surface area (Å²) < 4.78 is 8.18. The molecule has 5 nitrogen and oxygen atoms in total. The topological polar surface area (TPSA) is 56.1 Å². The summed E-state index contributed by atoms with van der Waals surface area (Å²) in [6.07, 6.45) is 5.57. The van der Waals surface area contributed by atoms with Gasteiger partial charge in [-0.1, -0.05) is 31.2 Å². The average Bonchev–Trinajstić information content (AvgIpc) is 3.09. The Kier molecular flexibility index (Phi) is 7.47. The third-order valence-corrected chi connectivity index (χ3v) is 4.91. The lowest BCUT2D eigenvalue weighted by Crippen LogP contribution is -2.14. The lowest BCUT2D eigenvalue weighted by molar-refractivity contribution is -0.109. The summed E-state index contributed by atoms with van der Waals surface area (Å²) in [6.45, 7) is 4.48. The molecule has 0 saturated carbocycles. The SMILES string of the molecule is CCc1ccc(OCCCCn2c(CCCNC=O)nc3ccccc32)cc1. The molecule has 2 aromatic carbocycles. The average molecular weight is 380 g/mol. The van der Waals surface area contributed by atoms with Crippen molar-refractivity contribution in [2.24, 2.45) is 0 Å². The number of fused-ring (bicyclic) bond motifs is 1. The van der Waals surface area contributed by atoms with Crippen molar-refractivity contribution >= 4 is 17.4 Å². The van der Waals surface area contributed by atoms with Crippen LogP contribution in [0.25, 0.3) is 11.0 Å². The van der Waals surface area contributed by atoms with Gasteiger partial charge in [0.2, 0.25) is 6.41 Å². The molecule has 28 heavy (non-hydrogen) atoms. The monoisotopic (exact) mass is 379 g/mol. The highest BCUT2D eigenvalue weighted by molar-refractivity contribution is 5.75. The van der Waals surface area contributed by atoms with E-state index in [0.29, 0.717) is 6.54 Å². The van der Waals surface area contributed by atoms with E-state index in [9.17, 15) is 4.79 Å². The minimum absolute atomic E-state index is 0.678. The molecule has 3 rings (SSSR count). The number of amides is 1. The number of unbranched alkanes of at least 4 members (excludes halogenated alkanes) is 1. The molecule has 0 aliphatic rings. The van der Waals surface area contributed by atoms with Gasteiger partial charge in [0.15, 0.2) is 0 Å². The first kappa shape index (κ1) is 19.9. The molecule has 0 aliphatic heterocycles. The molecule has 0 bridgehead atoms. The maximum atomic E-state index is 10.4. The Hall–Kier alpha value is -2.82. The van der Waals surface area contributed by atoms with Crippen molar-refractivity contribution in [3.8, 4) is 5.75 Å². The Labute approximate surface area is 166 Å². The molecule has 0 unspecified atom stereocenters. The van der Waals surface area contributed by atoms with E-state index < -0.39 is 0 Å². The van der Waals surface area contributed by atoms with E-state index in [1.165, 1.54) is 11.1 Å². The predicted octanol–water partition coefficient (Wildman–Crippen LogP) is 4.14. The quantitative estimate of drug-likeness (QED) is 0.380. The summed E-state index contributed by atoms with van der Waals surface area (Å²) in [5.74, 6) is 2.03. The zero-order valence-corrected chi connectivity index (χ0v) is 16.6. The van der Waals surface area contributed by atoms with Crippen LogP contribution in [0.4, 0.5) is 0 Å². The van der Waals surface area contributed by atoms with Gasteiger partial charge in [0.05, 0.1) is 17.6 Å². The predicted molar refractivity (Wildman–Crippen MR) is 113 cm³/mol. The third kappa shape index (κ3) is 5.35. The molecule has 1 N–H and O–H groups in total. The number of imidazole rings is 1. The second-order valence-electron chi connectivity index (χ2n) is 6.90. The first-order chi connectivity index (χ1) is 13.8. The maximum Gasteiger partial charge on any atom is 0.207 e. The first-order valence-corrected chi connectivity index (χ1v) is 10.1. The van der Waals surface area contributed by atoms with Gasteiger partial charge in [-0.15, -0.1) is 0 Å². The molecule has 1 amide bonds. The van der Waals surface area contributed by atoms with Crippen LogP contribution in [0.2, 0.25) is 0 Å². The molecule has 1 heterocycles. The number of ether oxygens (including phenoxy) is 1. The van der Waals surface area contributed by atoms with Crippen LogP contribution in [-0.4, -0.2) is 29.1 Å². The van der Waals surface area contributed by atoms with Crippen LogP contribution in [0, 0.1) is 0 Å². The molecular weight excluding hydrogens is 350 g/mol. The van der Waals surface area contributed by atoms with E-state index in [-0.39, 0.29) is 0 Å². The molecule has 0 spiro atoms. The van der Waals surface area contributed by atoms with E-state index in [1.54, 1.807) is 0 Å². The molecular formula is C23H29N3O2. The van der Waals surface area contributed by atoms with Crippen LogP contribution in [0.5, 0.6) is 5.75 Å². The van der Waals surface area contributed by atoms with Gasteiger partial charge >= 0.3 is 0 Å². The van der Waals surface area contributed by atoms with Crippen molar-refractivity contribution in [1.29, 1.82) is 0 Å². The highest BCUT2D eigenvalue weighted by Gasteiger charge is 2.10. The van der Waals surface area contributed by atoms with Crippen molar-refractivity contribution in [2.75, 3.05) is 13.2 Å². The van der Waals surface area contributed by atoms with E-state index in [1.807, 2.05) is 18.2 Å². The summed E-state index contributed by atoms with van der Waals surface area (Å²) in [6, 6.07) is 16.6. The molecule has 0 atom stereocenters. The van der Waals surface area contributed by atoms with Crippen LogP contribution in [0.3, 0.4) is 0 Å². The van der Waals surface area contributed by atoms with Gasteiger partial charge in [-0.2, -0.15) is 0 Å². The summed E-state index contributed by atoms with van der Waals surface area (Å²) >= 11 is 0. The zero-order chi connectivity index (χ0) is 19.6. The van der Waals surface area contributed by atoms with Gasteiger partial charge < -0.3 is 14.6 Å². The number of carbonyl (C=O) groups is 1. The Balaban J connectivity index is 1.52. The smallest absolute Gasteiger partial charge is 0.207 e. The standard InChI is InChI=1S/C23H29N3O2/c1-2-19-11-13-20(14-12-19)28-17-6-5-16-26-22-9-4-3-8-21(22)25-23(26)10-7-15-24-18-27/h3-4,8-9,11-14,18H,2,5-7,10,15-17H2,1H3,(H,24,27). The maximum absolute atomic E-state index is 10.4. The first-order valence-electron chi connectivity index (χ1n) is 10.1. The molecule has 0 radical (unpaired) electrons. The third-order valence-electron chi connectivity index (χ3n) is 4.91. The number of nitrogens with zero attached hydrogens (tertiary/aromatic N) is 2. The number of para-hydroxylation sites is 2. The number of aromatic nitrogens is 2. The van der Waals surface area contributed by atoms with E-state index >= 15 is 0 Å². The summed E-state index contributed by atoms with van der Waals surface area (Å²) in [5.41, 5.74) is 3.54. The van der Waals surface area contributed by atoms with Crippen molar-refractivity contribution in [1.82, 2.24) is 14.9 Å². The van der Waals surface area contributed by atoms with Gasteiger partial charge in [-0.25, -0.2) is 4.98 Å². The van der Waals surface area contributed by atoms with Gasteiger partial charge in [-0.05, 0) is 55.5 Å². The molecule has 1 aromatic heterocycles. The minimum atomic E-state index is 0.678. The molecule has 5 heteroatoms. The lowest BCUT2D eigenvalue weighted by Gasteiger charge is -2.10. The Morgan fingerprint density at radius 2 is 1.89 bits per heavy atom. The second kappa shape index (κ2) is 10.5. The van der Waals surface area contributed by atoms with Gasteiger partial charge in [0.25, 0.3) is 0 Å². The van der Waals surface area contributed by atoms with E-state index in [0.717, 1.165) is 68.8 Å². The van der Waals surface area contributed by atoms with Crippen LogP contribution < -0.4 is 10.1 Å². The summed E-state index contributed by atoms with van der Waals surface area (Å²) in [5, 5.41) is 2.72.